The molecular formula is C37H31F7N10O4S2. The van der Waals surface area contributed by atoms with Crippen LogP contribution in [0.3, 0.4) is 0 Å². The summed E-state index contributed by atoms with van der Waals surface area (Å²) < 4.78 is 132. The molecule has 9 rings (SSSR count). The Bertz CT molecular complexity index is 2870. The number of para-hydroxylation sites is 1. The van der Waals surface area contributed by atoms with Crippen LogP contribution < -0.4 is 20.3 Å². The normalized spacial score (nSPS) is 19.0. The van der Waals surface area contributed by atoms with E-state index in [4.69, 9.17) is 4.98 Å². The smallest absolute Gasteiger partial charge is 0.353 e. The van der Waals surface area contributed by atoms with Gasteiger partial charge in [0.2, 0.25) is 21.8 Å². The minimum atomic E-state index is -5.08. The highest BCUT2D eigenvalue weighted by Gasteiger charge is 2.68. The molecule has 0 spiro atoms. The van der Waals surface area contributed by atoms with Crippen LogP contribution in [0.5, 0.6) is 0 Å². The van der Waals surface area contributed by atoms with Gasteiger partial charge in [-0.3, -0.25) is 23.7 Å². The summed E-state index contributed by atoms with van der Waals surface area (Å²) in [7, 11) is -2.24. The molecular weight excluding hydrogens is 846 g/mol. The molecule has 1 aliphatic heterocycles. The molecule has 0 bridgehead atoms. The van der Waals surface area contributed by atoms with Crippen molar-refractivity contribution in [2.45, 2.75) is 43.4 Å². The molecule has 0 radical (unpaired) electrons. The van der Waals surface area contributed by atoms with E-state index in [-0.39, 0.29) is 48.0 Å². The number of halogens is 7. The first kappa shape index (κ1) is 39.6. The first-order chi connectivity index (χ1) is 28.2. The average molecular weight is 877 g/mol. The number of rotatable bonds is 10. The molecule has 1 saturated heterocycles. The number of nitrogens with zero attached hydrogens (tertiary/aromatic N) is 7. The number of amides is 2. The second-order valence-electron chi connectivity index (χ2n) is 15.0. The van der Waals surface area contributed by atoms with Crippen molar-refractivity contribution in [3.63, 3.8) is 0 Å². The van der Waals surface area contributed by atoms with Crippen molar-refractivity contribution < 1.29 is 48.7 Å². The molecule has 314 valence electrons. The van der Waals surface area contributed by atoms with Gasteiger partial charge in [0.25, 0.3) is 5.92 Å². The van der Waals surface area contributed by atoms with Gasteiger partial charge in [-0.15, -0.1) is 0 Å². The maximum absolute atomic E-state index is 15.5. The number of thiazole rings is 1. The first-order valence-corrected chi connectivity index (χ1v) is 21.0. The molecule has 5 heterocycles. The number of hydrogen-bond donors (Lipinski definition) is 3. The minimum absolute atomic E-state index is 0.00150. The van der Waals surface area contributed by atoms with Crippen molar-refractivity contribution >= 4 is 65.4 Å². The first-order valence-electron chi connectivity index (χ1n) is 18.3. The van der Waals surface area contributed by atoms with E-state index in [2.05, 4.69) is 30.5 Å². The van der Waals surface area contributed by atoms with Crippen molar-refractivity contribution in [3.05, 3.63) is 82.3 Å². The van der Waals surface area contributed by atoms with E-state index < -0.39 is 81.0 Å². The molecule has 23 heteroatoms. The predicted octanol–water partition coefficient (Wildman–Crippen LogP) is 5.36. The number of carbonyl (C=O) groups excluding carboxylic acids is 2. The van der Waals surface area contributed by atoms with Gasteiger partial charge in [0.05, 0.1) is 34.8 Å². The maximum Gasteiger partial charge on any atom is 0.435 e. The van der Waals surface area contributed by atoms with Crippen LogP contribution in [0.25, 0.3) is 32.4 Å². The standard InChI is InChI=1S/C37H31F7N10O4S2/c1-52-30-19(4-3-5-20(30)33(50-52)51-60(2,57)58)21-13-25-34(48-35(59-25)53-7-6-45-26(55)14-53)47-29(21)24(10-16-8-17(38)11-18(39)9-16)46-27(56)15-54-32-28(31(49-54)37(42,43)44)22-12-23(22)36(32,40)41/h3-5,8-9,11,13,22-24H,6-7,10,12,14-15H2,1-2H3,(H,45,55)(H,46,56)(H,50,51)/t22?,23?,24-/m0/s1. The lowest BCUT2D eigenvalue weighted by molar-refractivity contribution is -0.142. The lowest BCUT2D eigenvalue weighted by Gasteiger charge is -2.25. The van der Waals surface area contributed by atoms with E-state index in [0.29, 0.717) is 55.7 Å². The molecule has 6 aromatic rings. The van der Waals surface area contributed by atoms with E-state index in [1.807, 2.05) is 0 Å². The maximum atomic E-state index is 15.5. The summed E-state index contributed by atoms with van der Waals surface area (Å²) in [6, 6.07) is 7.87. The average Bonchev–Trinajstić information content (AvgIpc) is 3.41. The zero-order chi connectivity index (χ0) is 42.6. The van der Waals surface area contributed by atoms with Crippen LogP contribution in [0.1, 0.15) is 46.6 Å². The van der Waals surface area contributed by atoms with Gasteiger partial charge in [0, 0.05) is 54.2 Å². The summed E-state index contributed by atoms with van der Waals surface area (Å²) in [4.78, 5) is 37.6. The van der Waals surface area contributed by atoms with Gasteiger partial charge in [-0.2, -0.15) is 37.1 Å². The number of pyridine rings is 1. The summed E-state index contributed by atoms with van der Waals surface area (Å²) >= 11 is 1.20. The Hall–Kier alpha value is -5.84. The van der Waals surface area contributed by atoms with E-state index >= 15 is 8.78 Å². The van der Waals surface area contributed by atoms with Crippen molar-refractivity contribution in [3.8, 4) is 11.1 Å². The van der Waals surface area contributed by atoms with Crippen LogP contribution in [0, 0.1) is 17.6 Å². The highest BCUT2D eigenvalue weighted by molar-refractivity contribution is 7.92. The van der Waals surface area contributed by atoms with Crippen LogP contribution >= 0.6 is 11.3 Å². The molecule has 2 unspecified atom stereocenters. The van der Waals surface area contributed by atoms with Crippen LogP contribution in [-0.2, 0) is 51.7 Å². The van der Waals surface area contributed by atoms with Crippen LogP contribution in [0.15, 0.2) is 42.5 Å². The summed E-state index contributed by atoms with van der Waals surface area (Å²) in [5, 5.41) is 14.0. The number of hydrogen-bond acceptors (Lipinski definition) is 10. The number of piperazine rings is 1. The van der Waals surface area contributed by atoms with Crippen LogP contribution in [-0.4, -0.2) is 75.7 Å². The third-order valence-corrected chi connectivity index (χ3v) is 12.3. The topological polar surface area (TPSA) is 169 Å². The number of carbonyl (C=O) groups is 2. The molecule has 4 aromatic heterocycles. The molecule has 2 amide bonds. The van der Waals surface area contributed by atoms with Gasteiger partial charge >= 0.3 is 6.18 Å². The van der Waals surface area contributed by atoms with E-state index in [0.717, 1.165) is 18.4 Å². The summed E-state index contributed by atoms with van der Waals surface area (Å²) in [5.41, 5.74) is -1.84. The van der Waals surface area contributed by atoms with Gasteiger partial charge < -0.3 is 15.5 Å². The van der Waals surface area contributed by atoms with Gasteiger partial charge in [-0.1, -0.05) is 23.5 Å². The van der Waals surface area contributed by atoms with Crippen molar-refractivity contribution in [2.24, 2.45) is 13.0 Å². The fourth-order valence-electron chi connectivity index (χ4n) is 8.24. The van der Waals surface area contributed by atoms with E-state index in [9.17, 15) is 40.0 Å². The van der Waals surface area contributed by atoms with Gasteiger partial charge in [-0.25, -0.2) is 22.2 Å². The third-order valence-electron chi connectivity index (χ3n) is 10.7. The monoisotopic (exact) mass is 876 g/mol. The Morgan fingerprint density at radius 2 is 1.83 bits per heavy atom. The molecule has 2 aliphatic carbocycles. The lowest BCUT2D eigenvalue weighted by atomic mass is 9.94. The number of sulfonamides is 1. The highest BCUT2D eigenvalue weighted by Crippen LogP contribution is 2.68. The number of benzene rings is 2. The molecule has 3 atom stereocenters. The Kier molecular flexibility index (Phi) is 9.15. The Balaban J connectivity index is 1.20. The van der Waals surface area contributed by atoms with Crippen LogP contribution in [0.4, 0.5) is 41.7 Å². The quantitative estimate of drug-likeness (QED) is 0.154. The Labute approximate surface area is 338 Å². The minimum Gasteiger partial charge on any atom is -0.353 e. The number of alkyl halides is 5. The predicted molar refractivity (Wildman–Crippen MR) is 204 cm³/mol. The second kappa shape index (κ2) is 13.9. The largest absolute Gasteiger partial charge is 0.435 e. The van der Waals surface area contributed by atoms with Crippen LogP contribution in [0.2, 0.25) is 0 Å². The van der Waals surface area contributed by atoms with Crippen molar-refractivity contribution in [2.75, 3.05) is 35.5 Å². The van der Waals surface area contributed by atoms with Crippen molar-refractivity contribution in [1.29, 1.82) is 0 Å². The van der Waals surface area contributed by atoms with Gasteiger partial charge in [0.15, 0.2) is 22.3 Å². The number of aryl methyl sites for hydroxylation is 1. The Morgan fingerprint density at radius 3 is 2.53 bits per heavy atom. The molecule has 2 aromatic carbocycles. The number of anilines is 2. The van der Waals surface area contributed by atoms with Crippen molar-refractivity contribution in [1.82, 2.24) is 40.2 Å². The third kappa shape index (κ3) is 7.05. The second-order valence-corrected chi connectivity index (χ2v) is 17.8. The Morgan fingerprint density at radius 1 is 1.08 bits per heavy atom. The van der Waals surface area contributed by atoms with Gasteiger partial charge in [0.1, 0.15) is 23.9 Å². The zero-order valence-electron chi connectivity index (χ0n) is 31.2. The lowest BCUT2D eigenvalue weighted by Crippen LogP contribution is -2.47. The molecule has 1 saturated carbocycles. The molecule has 3 N–H and O–H groups in total. The molecule has 2 fully saturated rings. The van der Waals surface area contributed by atoms with E-state index in [1.165, 1.54) is 16.0 Å². The number of fused-ring (bicyclic) bond motifs is 5. The van der Waals surface area contributed by atoms with E-state index in [1.54, 1.807) is 36.2 Å². The fraction of sp³-hybridized carbons (Fsp3) is 0.351. The summed E-state index contributed by atoms with van der Waals surface area (Å²) in [5.74, 6) is -9.30. The SMILES string of the molecule is Cn1nc(NS(C)(=O)=O)c2cccc(-c3cc4sc(N5CCNC(=O)C5)nc4nc3[C@H](Cc3cc(F)cc(F)c3)NC(=O)Cn3nc(C(F)(F)F)c4c3C(F)(F)C3CC43)c21. The highest BCUT2D eigenvalue weighted by atomic mass is 32.2. The van der Waals surface area contributed by atoms with Gasteiger partial charge in [-0.05, 0) is 48.6 Å². The summed E-state index contributed by atoms with van der Waals surface area (Å²) in [6.45, 7) is -0.302. The summed E-state index contributed by atoms with van der Waals surface area (Å²) in [6.07, 6.45) is -4.65. The number of nitrogens with one attached hydrogen (secondary N) is 3. The molecule has 14 nitrogen and oxygen atoms in total. The number of aromatic nitrogens is 6. The molecule has 60 heavy (non-hydrogen) atoms. The molecule has 3 aliphatic rings. The zero-order valence-corrected chi connectivity index (χ0v) is 32.9. The fourth-order valence-corrected chi connectivity index (χ4v) is 9.71.